The molecule has 0 saturated heterocycles. The van der Waals surface area contributed by atoms with Gasteiger partial charge in [-0.05, 0) is 37.6 Å². The van der Waals surface area contributed by atoms with Gasteiger partial charge in [0.05, 0.1) is 0 Å². The summed E-state index contributed by atoms with van der Waals surface area (Å²) in [4.78, 5) is 33.4. The van der Waals surface area contributed by atoms with E-state index in [-0.39, 0.29) is 17.8 Å². The molecule has 0 saturated carbocycles. The lowest BCUT2D eigenvalue weighted by molar-refractivity contribution is -0.137. The number of benzene rings is 1. The second kappa shape index (κ2) is 9.00. The molecular weight excluding hydrogens is 298 g/mol. The highest BCUT2D eigenvalue weighted by atomic mass is 16.4. The second-order valence-electron chi connectivity index (χ2n) is 4.71. The van der Waals surface area contributed by atoms with Crippen LogP contribution in [0.5, 0.6) is 0 Å². The highest BCUT2D eigenvalue weighted by molar-refractivity contribution is 6.06. The molecule has 0 atom stereocenters. The molecule has 0 aliphatic heterocycles. The first-order valence-electron chi connectivity index (χ1n) is 6.92. The molecule has 0 aromatic heterocycles. The lowest BCUT2D eigenvalue weighted by Gasteiger charge is -2.05. The molecule has 0 radical (unpaired) electrons. The molecule has 1 amide bonds. The smallest absolute Gasteiger partial charge is 0.303 e. The van der Waals surface area contributed by atoms with Crippen LogP contribution >= 0.6 is 0 Å². The van der Waals surface area contributed by atoms with Crippen LogP contribution in [0.4, 0.5) is 5.69 Å². The Morgan fingerprint density at radius 1 is 1.26 bits per heavy atom. The number of aliphatic carboxylic acids is 1. The molecule has 0 heterocycles. The number of carbonyl (C=O) groups excluding carboxylic acids is 2. The van der Waals surface area contributed by atoms with E-state index >= 15 is 0 Å². The number of nitrogens with one attached hydrogen (secondary N) is 2. The van der Waals surface area contributed by atoms with Crippen LogP contribution in [0.25, 0.3) is 0 Å². The summed E-state index contributed by atoms with van der Waals surface area (Å²) in [5.41, 5.74) is 0.863. The summed E-state index contributed by atoms with van der Waals surface area (Å²) in [5, 5.41) is 22.7. The van der Waals surface area contributed by atoms with Crippen LogP contribution < -0.4 is 10.6 Å². The molecule has 120 valence electrons. The van der Waals surface area contributed by atoms with Crippen molar-refractivity contribution in [3.05, 3.63) is 41.6 Å². The Morgan fingerprint density at radius 3 is 2.43 bits per heavy atom. The van der Waals surface area contributed by atoms with Crippen LogP contribution in [0.15, 0.2) is 36.0 Å². The van der Waals surface area contributed by atoms with Gasteiger partial charge in [-0.3, -0.25) is 14.4 Å². The maximum absolute atomic E-state index is 11.9. The first-order valence-corrected chi connectivity index (χ1v) is 6.92. The van der Waals surface area contributed by atoms with Crippen molar-refractivity contribution < 1.29 is 19.5 Å². The van der Waals surface area contributed by atoms with E-state index in [0.29, 0.717) is 24.2 Å². The molecule has 1 aromatic rings. The van der Waals surface area contributed by atoms with Gasteiger partial charge in [-0.25, -0.2) is 0 Å². The van der Waals surface area contributed by atoms with Crippen molar-refractivity contribution in [3.63, 3.8) is 0 Å². The van der Waals surface area contributed by atoms with Gasteiger partial charge in [0.25, 0.3) is 5.91 Å². The van der Waals surface area contributed by atoms with E-state index in [1.165, 1.54) is 13.1 Å². The predicted octanol–water partition coefficient (Wildman–Crippen LogP) is 1.69. The summed E-state index contributed by atoms with van der Waals surface area (Å²) in [7, 11) is 0. The summed E-state index contributed by atoms with van der Waals surface area (Å²) >= 11 is 0. The molecule has 0 fully saturated rings. The number of anilines is 1. The fourth-order valence-electron chi connectivity index (χ4n) is 1.65. The third kappa shape index (κ3) is 6.44. The van der Waals surface area contributed by atoms with E-state index in [2.05, 4.69) is 10.6 Å². The van der Waals surface area contributed by atoms with Crippen LogP contribution in [0.2, 0.25) is 0 Å². The van der Waals surface area contributed by atoms with Crippen molar-refractivity contribution in [1.82, 2.24) is 5.32 Å². The fraction of sp³-hybridized carbons (Fsp3) is 0.250. The summed E-state index contributed by atoms with van der Waals surface area (Å²) in [6, 6.07) is 8.08. The molecule has 7 heteroatoms. The van der Waals surface area contributed by atoms with Crippen molar-refractivity contribution >= 4 is 23.3 Å². The van der Waals surface area contributed by atoms with Crippen molar-refractivity contribution in [3.8, 4) is 6.07 Å². The Hall–Kier alpha value is -3.14. The number of Topliss-reactive ketones (excluding diaryl/α,β-unsaturated/α-hetero) is 1. The van der Waals surface area contributed by atoms with Crippen LogP contribution in [-0.4, -0.2) is 29.3 Å². The number of ketones is 1. The van der Waals surface area contributed by atoms with E-state index in [1.54, 1.807) is 30.3 Å². The largest absolute Gasteiger partial charge is 0.481 e. The second-order valence-corrected chi connectivity index (χ2v) is 4.71. The summed E-state index contributed by atoms with van der Waals surface area (Å²) < 4.78 is 0. The number of nitrogens with zero attached hydrogens (tertiary/aromatic N) is 1. The van der Waals surface area contributed by atoms with E-state index in [1.807, 2.05) is 0 Å². The predicted molar refractivity (Wildman–Crippen MR) is 83.6 cm³/mol. The zero-order valence-corrected chi connectivity index (χ0v) is 12.6. The van der Waals surface area contributed by atoms with Crippen LogP contribution in [0, 0.1) is 11.3 Å². The van der Waals surface area contributed by atoms with E-state index < -0.39 is 11.9 Å². The molecule has 0 spiro atoms. The van der Waals surface area contributed by atoms with Crippen molar-refractivity contribution in [2.24, 2.45) is 0 Å². The first-order chi connectivity index (χ1) is 10.9. The zero-order valence-electron chi connectivity index (χ0n) is 12.6. The summed E-state index contributed by atoms with van der Waals surface area (Å²) in [6.45, 7) is 1.79. The number of carboxylic acid groups (broad SMARTS) is 1. The van der Waals surface area contributed by atoms with E-state index in [4.69, 9.17) is 10.4 Å². The van der Waals surface area contributed by atoms with Gasteiger partial charge in [-0.15, -0.1) is 0 Å². The van der Waals surface area contributed by atoms with Gasteiger partial charge in [-0.1, -0.05) is 0 Å². The highest BCUT2D eigenvalue weighted by Crippen LogP contribution is 2.11. The average Bonchev–Trinajstić information content (AvgIpc) is 2.51. The first kappa shape index (κ1) is 17.9. The van der Waals surface area contributed by atoms with Crippen LogP contribution in [0.1, 0.15) is 30.1 Å². The van der Waals surface area contributed by atoms with Gasteiger partial charge in [0.2, 0.25) is 0 Å². The minimum Gasteiger partial charge on any atom is -0.481 e. The van der Waals surface area contributed by atoms with Crippen LogP contribution in [0.3, 0.4) is 0 Å². The molecule has 7 nitrogen and oxygen atoms in total. The SMILES string of the molecule is CC(=O)c1ccc(NC(=O)/C(C#N)=C\NCCCC(=O)O)cc1. The Morgan fingerprint density at radius 2 is 1.91 bits per heavy atom. The highest BCUT2D eigenvalue weighted by Gasteiger charge is 2.09. The fourth-order valence-corrected chi connectivity index (χ4v) is 1.65. The lowest BCUT2D eigenvalue weighted by atomic mass is 10.1. The average molecular weight is 315 g/mol. The number of nitriles is 1. The third-order valence-corrected chi connectivity index (χ3v) is 2.87. The van der Waals surface area contributed by atoms with Gasteiger partial charge < -0.3 is 15.7 Å². The normalized spacial score (nSPS) is 10.5. The number of hydrogen-bond acceptors (Lipinski definition) is 5. The Labute approximate surface area is 133 Å². The maximum atomic E-state index is 11.9. The number of hydrogen-bond donors (Lipinski definition) is 3. The molecule has 0 aliphatic carbocycles. The summed E-state index contributed by atoms with van der Waals surface area (Å²) in [5.74, 6) is -1.57. The topological polar surface area (TPSA) is 119 Å². The van der Waals surface area contributed by atoms with Gasteiger partial charge in [0.1, 0.15) is 11.6 Å². The van der Waals surface area contributed by atoms with Crippen LogP contribution in [-0.2, 0) is 9.59 Å². The van der Waals surface area contributed by atoms with Gasteiger partial charge in [0.15, 0.2) is 5.78 Å². The monoisotopic (exact) mass is 315 g/mol. The number of carbonyl (C=O) groups is 3. The van der Waals surface area contributed by atoms with E-state index in [0.717, 1.165) is 0 Å². The third-order valence-electron chi connectivity index (χ3n) is 2.87. The molecule has 1 aromatic carbocycles. The molecular formula is C16H17N3O4. The molecule has 23 heavy (non-hydrogen) atoms. The number of amides is 1. The Kier molecular flexibility index (Phi) is 7.01. The Bertz CT molecular complexity index is 657. The van der Waals surface area contributed by atoms with Crippen molar-refractivity contribution in [2.45, 2.75) is 19.8 Å². The van der Waals surface area contributed by atoms with Gasteiger partial charge >= 0.3 is 5.97 Å². The standard InChI is InChI=1S/C16H17N3O4/c1-11(20)12-4-6-14(7-5-12)19-16(23)13(9-17)10-18-8-2-3-15(21)22/h4-7,10,18H,2-3,8H2,1H3,(H,19,23)(H,21,22)/b13-10-. The molecule has 3 N–H and O–H groups in total. The van der Waals surface area contributed by atoms with E-state index in [9.17, 15) is 14.4 Å². The van der Waals surface area contributed by atoms with Crippen molar-refractivity contribution in [2.75, 3.05) is 11.9 Å². The van der Waals surface area contributed by atoms with Crippen molar-refractivity contribution in [1.29, 1.82) is 5.26 Å². The van der Waals surface area contributed by atoms with Gasteiger partial charge in [-0.2, -0.15) is 5.26 Å². The number of carboxylic acids is 1. The van der Waals surface area contributed by atoms with Gasteiger partial charge in [0, 0.05) is 30.4 Å². The molecule has 0 unspecified atom stereocenters. The molecule has 0 aliphatic rings. The summed E-state index contributed by atoms with van der Waals surface area (Å²) in [6.07, 6.45) is 1.65. The zero-order chi connectivity index (χ0) is 17.2. The lowest BCUT2D eigenvalue weighted by Crippen LogP contribution is -2.17. The molecule has 1 rings (SSSR count). The molecule has 0 bridgehead atoms. The minimum atomic E-state index is -0.900. The minimum absolute atomic E-state index is 0.0113. The number of rotatable bonds is 8. The quantitative estimate of drug-likeness (QED) is 0.291. The Balaban J connectivity index is 2.57. The maximum Gasteiger partial charge on any atom is 0.303 e.